The third kappa shape index (κ3) is 13.4. The molecule has 3 unspecified atom stereocenters. The Bertz CT molecular complexity index is 266. The summed E-state index contributed by atoms with van der Waals surface area (Å²) in [7, 11) is 1.66. The molecule has 0 heterocycles. The lowest BCUT2D eigenvalue weighted by Gasteiger charge is -2.29. The van der Waals surface area contributed by atoms with Crippen LogP contribution in [-0.2, 0) is 23.7 Å². The molecule has 0 aromatic rings. The minimum absolute atomic E-state index is 0.145. The van der Waals surface area contributed by atoms with Gasteiger partial charge in [-0.25, -0.2) is 0 Å². The topological polar surface area (TPSA) is 46.2 Å². The van der Waals surface area contributed by atoms with E-state index < -0.39 is 0 Å². The highest BCUT2D eigenvalue weighted by Gasteiger charge is 2.23. The first-order valence-electron chi connectivity index (χ1n) is 9.01. The number of methoxy groups -OCH3 is 1. The number of hydrogen-bond acceptors (Lipinski definition) is 6. The fourth-order valence-electron chi connectivity index (χ4n) is 2.15. The normalized spacial score (nSPS) is 15.6. The zero-order valence-corrected chi connectivity index (χ0v) is 17.1. The Morgan fingerprint density at radius 2 is 1.38 bits per heavy atom. The van der Waals surface area contributed by atoms with E-state index in [1.54, 1.807) is 7.11 Å². The van der Waals surface area contributed by atoms with Crippen LogP contribution in [0.25, 0.3) is 0 Å². The van der Waals surface area contributed by atoms with Crippen molar-refractivity contribution in [2.75, 3.05) is 59.1 Å². The standard InChI is InChI=1S/C18H38O5S/c1-15(2)14-23-17(4)16(3)18(6-13-24)22-12-11-21-10-9-20-8-7-19-5/h15-18,24H,6-14H2,1-5H3. The predicted molar refractivity (Wildman–Crippen MR) is 101 cm³/mol. The molecule has 3 atom stereocenters. The van der Waals surface area contributed by atoms with Crippen LogP contribution in [0.15, 0.2) is 0 Å². The average Bonchev–Trinajstić information content (AvgIpc) is 2.56. The molecule has 6 heteroatoms. The van der Waals surface area contributed by atoms with Crippen molar-refractivity contribution >= 4 is 12.6 Å². The number of hydrogen-bond donors (Lipinski definition) is 1. The highest BCUT2D eigenvalue weighted by atomic mass is 32.1. The van der Waals surface area contributed by atoms with Crippen LogP contribution < -0.4 is 0 Å². The third-order valence-electron chi connectivity index (χ3n) is 3.80. The van der Waals surface area contributed by atoms with E-state index in [-0.39, 0.29) is 12.2 Å². The van der Waals surface area contributed by atoms with Crippen molar-refractivity contribution in [2.24, 2.45) is 11.8 Å². The molecule has 0 bridgehead atoms. The monoisotopic (exact) mass is 366 g/mol. The molecule has 0 rings (SSSR count). The van der Waals surface area contributed by atoms with E-state index in [0.717, 1.165) is 18.8 Å². The van der Waals surface area contributed by atoms with Crippen LogP contribution in [0.3, 0.4) is 0 Å². The third-order valence-corrected chi connectivity index (χ3v) is 4.05. The Kier molecular flexibility index (Phi) is 16.7. The van der Waals surface area contributed by atoms with Crippen molar-refractivity contribution in [3.8, 4) is 0 Å². The van der Waals surface area contributed by atoms with Gasteiger partial charge in [-0.3, -0.25) is 0 Å². The predicted octanol–water partition coefficient (Wildman–Crippen LogP) is 3.07. The first kappa shape index (κ1) is 24.1. The summed E-state index contributed by atoms with van der Waals surface area (Å²) in [5, 5.41) is 0. The minimum atomic E-state index is 0.145. The Morgan fingerprint density at radius 3 is 1.92 bits per heavy atom. The molecule has 24 heavy (non-hydrogen) atoms. The first-order chi connectivity index (χ1) is 11.5. The summed E-state index contributed by atoms with van der Waals surface area (Å²) in [5.41, 5.74) is 0. The lowest BCUT2D eigenvalue weighted by molar-refractivity contribution is -0.0723. The first-order valence-corrected chi connectivity index (χ1v) is 9.64. The van der Waals surface area contributed by atoms with Crippen LogP contribution in [0.4, 0.5) is 0 Å². The summed E-state index contributed by atoms with van der Waals surface area (Å²) in [6.07, 6.45) is 1.23. The fourth-order valence-corrected chi connectivity index (χ4v) is 2.40. The van der Waals surface area contributed by atoms with E-state index in [0.29, 0.717) is 51.5 Å². The van der Waals surface area contributed by atoms with Crippen LogP contribution in [0.5, 0.6) is 0 Å². The molecular formula is C18H38O5S. The summed E-state index contributed by atoms with van der Waals surface area (Å²) in [6, 6.07) is 0. The smallest absolute Gasteiger partial charge is 0.0704 e. The molecule has 0 saturated carbocycles. The number of ether oxygens (including phenoxy) is 5. The average molecular weight is 367 g/mol. The van der Waals surface area contributed by atoms with E-state index in [1.165, 1.54) is 0 Å². The van der Waals surface area contributed by atoms with Crippen LogP contribution in [0, 0.1) is 11.8 Å². The molecule has 0 aliphatic rings. The van der Waals surface area contributed by atoms with Crippen molar-refractivity contribution in [3.05, 3.63) is 0 Å². The molecule has 0 aromatic carbocycles. The SMILES string of the molecule is COCCOCCOCCOC(CCS)C(C)C(C)OCC(C)C. The van der Waals surface area contributed by atoms with E-state index in [1.807, 2.05) is 0 Å². The maximum absolute atomic E-state index is 6.00. The van der Waals surface area contributed by atoms with Gasteiger partial charge in [0, 0.05) is 19.6 Å². The summed E-state index contributed by atoms with van der Waals surface area (Å²) in [5.74, 6) is 1.68. The zero-order chi connectivity index (χ0) is 18.2. The van der Waals surface area contributed by atoms with Gasteiger partial charge in [0.25, 0.3) is 0 Å². The Hall–Kier alpha value is 0.150. The fraction of sp³-hybridized carbons (Fsp3) is 1.00. The minimum Gasteiger partial charge on any atom is -0.382 e. The van der Waals surface area contributed by atoms with Crippen LogP contribution in [0.1, 0.15) is 34.1 Å². The van der Waals surface area contributed by atoms with Gasteiger partial charge in [-0.05, 0) is 25.0 Å². The number of thiol groups is 1. The van der Waals surface area contributed by atoms with Crippen molar-refractivity contribution in [1.82, 2.24) is 0 Å². The van der Waals surface area contributed by atoms with Crippen molar-refractivity contribution < 1.29 is 23.7 Å². The second-order valence-electron chi connectivity index (χ2n) is 6.43. The van der Waals surface area contributed by atoms with E-state index in [4.69, 9.17) is 23.7 Å². The summed E-state index contributed by atoms with van der Waals surface area (Å²) in [4.78, 5) is 0. The summed E-state index contributed by atoms with van der Waals surface area (Å²) < 4.78 is 27.7. The molecular weight excluding hydrogens is 328 g/mol. The second-order valence-corrected chi connectivity index (χ2v) is 6.88. The van der Waals surface area contributed by atoms with Gasteiger partial charge in [0.2, 0.25) is 0 Å². The quantitative estimate of drug-likeness (QED) is 0.317. The molecule has 0 N–H and O–H groups in total. The van der Waals surface area contributed by atoms with Gasteiger partial charge in [0.1, 0.15) is 0 Å². The Labute approximate surface area is 154 Å². The lowest BCUT2D eigenvalue weighted by atomic mass is 9.97. The largest absolute Gasteiger partial charge is 0.382 e. The van der Waals surface area contributed by atoms with Gasteiger partial charge in [-0.2, -0.15) is 12.6 Å². The van der Waals surface area contributed by atoms with Gasteiger partial charge < -0.3 is 23.7 Å². The molecule has 0 saturated heterocycles. The molecule has 0 radical (unpaired) electrons. The van der Waals surface area contributed by atoms with Crippen molar-refractivity contribution in [3.63, 3.8) is 0 Å². The van der Waals surface area contributed by atoms with Crippen molar-refractivity contribution in [1.29, 1.82) is 0 Å². The molecule has 0 aromatic heterocycles. The van der Waals surface area contributed by atoms with Gasteiger partial charge in [-0.1, -0.05) is 20.8 Å². The van der Waals surface area contributed by atoms with Gasteiger partial charge >= 0.3 is 0 Å². The van der Waals surface area contributed by atoms with Crippen LogP contribution in [0.2, 0.25) is 0 Å². The molecule has 0 aliphatic carbocycles. The van der Waals surface area contributed by atoms with Crippen LogP contribution in [-0.4, -0.2) is 71.3 Å². The highest BCUT2D eigenvalue weighted by Crippen LogP contribution is 2.19. The van der Waals surface area contributed by atoms with E-state index in [9.17, 15) is 0 Å². The molecule has 5 nitrogen and oxygen atoms in total. The van der Waals surface area contributed by atoms with Crippen LogP contribution >= 0.6 is 12.6 Å². The van der Waals surface area contributed by atoms with E-state index in [2.05, 4.69) is 40.3 Å². The van der Waals surface area contributed by atoms with Gasteiger partial charge in [0.15, 0.2) is 0 Å². The van der Waals surface area contributed by atoms with E-state index >= 15 is 0 Å². The maximum atomic E-state index is 6.00. The lowest BCUT2D eigenvalue weighted by Crippen LogP contribution is -2.33. The Morgan fingerprint density at radius 1 is 0.792 bits per heavy atom. The molecule has 146 valence electrons. The Balaban J connectivity index is 3.86. The van der Waals surface area contributed by atoms with Crippen molar-refractivity contribution in [2.45, 2.75) is 46.3 Å². The van der Waals surface area contributed by atoms with Gasteiger partial charge in [0.05, 0.1) is 51.8 Å². The summed E-state index contributed by atoms with van der Waals surface area (Å²) >= 11 is 4.35. The number of rotatable bonds is 17. The maximum Gasteiger partial charge on any atom is 0.0704 e. The van der Waals surface area contributed by atoms with Gasteiger partial charge in [-0.15, -0.1) is 0 Å². The molecule has 0 spiro atoms. The summed E-state index contributed by atoms with van der Waals surface area (Å²) in [6.45, 7) is 12.9. The molecule has 0 amide bonds. The second kappa shape index (κ2) is 16.6. The highest BCUT2D eigenvalue weighted by molar-refractivity contribution is 7.80. The zero-order valence-electron chi connectivity index (χ0n) is 16.2. The molecule has 0 aliphatic heterocycles. The molecule has 0 fully saturated rings.